The first-order valence-corrected chi connectivity index (χ1v) is 6.63. The van der Waals surface area contributed by atoms with Crippen LogP contribution in [0.3, 0.4) is 0 Å². The Bertz CT molecular complexity index is 552. The van der Waals surface area contributed by atoms with E-state index in [9.17, 15) is 19.8 Å². The summed E-state index contributed by atoms with van der Waals surface area (Å²) < 4.78 is 4.56. The summed E-state index contributed by atoms with van der Waals surface area (Å²) >= 11 is 0. The molecule has 1 aliphatic heterocycles. The number of phenols is 1. The van der Waals surface area contributed by atoms with Crippen LogP contribution in [0.2, 0.25) is 0 Å². The van der Waals surface area contributed by atoms with E-state index in [-0.39, 0.29) is 29.3 Å². The lowest BCUT2D eigenvalue weighted by Crippen LogP contribution is -2.53. The maximum Gasteiger partial charge on any atom is 0.338 e. The highest BCUT2D eigenvalue weighted by molar-refractivity contribution is 5.98. The van der Waals surface area contributed by atoms with Crippen molar-refractivity contribution in [3.05, 3.63) is 29.3 Å². The number of amides is 1. The summed E-state index contributed by atoms with van der Waals surface area (Å²) in [4.78, 5) is 23.6. The second kappa shape index (κ2) is 7.98. The standard InChI is InChI=1S/C14H18N2O5.ClH/c1-21-14(20)9-4-8(5-10(17)6-9)13(19)16-11-7-15-3-2-12(11)18;/h4-6,11-12,15,17-18H,2-3,7H2,1H3,(H,16,19);1H/t11-,12+;/m0./s1. The zero-order chi connectivity index (χ0) is 15.4. The Kier molecular flexibility index (Phi) is 6.61. The molecule has 1 aromatic rings. The number of carbonyl (C=O) groups is 2. The number of rotatable bonds is 3. The van der Waals surface area contributed by atoms with E-state index in [1.807, 2.05) is 0 Å². The van der Waals surface area contributed by atoms with Gasteiger partial charge in [-0.1, -0.05) is 0 Å². The molecule has 2 atom stereocenters. The molecule has 22 heavy (non-hydrogen) atoms. The quantitative estimate of drug-likeness (QED) is 0.583. The molecule has 1 saturated heterocycles. The lowest BCUT2D eigenvalue weighted by molar-refractivity contribution is 0.0600. The van der Waals surface area contributed by atoms with E-state index >= 15 is 0 Å². The van der Waals surface area contributed by atoms with Gasteiger partial charge >= 0.3 is 5.97 Å². The van der Waals surface area contributed by atoms with Crippen LogP contribution in [-0.4, -0.2) is 54.4 Å². The van der Waals surface area contributed by atoms with Crippen LogP contribution < -0.4 is 10.6 Å². The number of aliphatic hydroxyl groups excluding tert-OH is 1. The summed E-state index contributed by atoms with van der Waals surface area (Å²) in [6.07, 6.45) is -0.0640. The van der Waals surface area contributed by atoms with Crippen molar-refractivity contribution in [3.63, 3.8) is 0 Å². The molecule has 0 saturated carbocycles. The van der Waals surface area contributed by atoms with Gasteiger partial charge in [0, 0.05) is 12.1 Å². The van der Waals surface area contributed by atoms with Crippen LogP contribution in [0.4, 0.5) is 0 Å². The molecule has 0 spiro atoms. The largest absolute Gasteiger partial charge is 0.508 e. The molecule has 1 heterocycles. The Morgan fingerprint density at radius 2 is 2.00 bits per heavy atom. The Hall–Kier alpha value is -1.83. The van der Waals surface area contributed by atoms with Gasteiger partial charge in [-0.15, -0.1) is 12.4 Å². The molecule has 0 aromatic heterocycles. The van der Waals surface area contributed by atoms with Gasteiger partial charge in [0.1, 0.15) is 5.75 Å². The summed E-state index contributed by atoms with van der Waals surface area (Å²) in [5.74, 6) is -1.31. The SMILES string of the molecule is COC(=O)c1cc(O)cc(C(=O)N[C@H]2CNCC[C@H]2O)c1.Cl. The van der Waals surface area contributed by atoms with Crippen molar-refractivity contribution in [1.29, 1.82) is 0 Å². The van der Waals surface area contributed by atoms with Gasteiger partial charge in [0.2, 0.25) is 0 Å². The third-order valence-electron chi connectivity index (χ3n) is 3.36. The molecule has 7 nitrogen and oxygen atoms in total. The third kappa shape index (κ3) is 4.33. The van der Waals surface area contributed by atoms with Crippen molar-refractivity contribution in [2.24, 2.45) is 0 Å². The number of nitrogens with one attached hydrogen (secondary N) is 2. The molecule has 0 bridgehead atoms. The smallest absolute Gasteiger partial charge is 0.338 e. The highest BCUT2D eigenvalue weighted by Crippen LogP contribution is 2.17. The number of benzene rings is 1. The summed E-state index contributed by atoms with van der Waals surface area (Å²) in [7, 11) is 1.22. The lowest BCUT2D eigenvalue weighted by Gasteiger charge is -2.29. The second-order valence-electron chi connectivity index (χ2n) is 4.90. The predicted octanol–water partition coefficient (Wildman–Crippen LogP) is 0.0532. The summed E-state index contributed by atoms with van der Waals surface area (Å²) in [6.45, 7) is 1.17. The van der Waals surface area contributed by atoms with E-state index in [1.165, 1.54) is 25.3 Å². The molecule has 8 heteroatoms. The number of carbonyl (C=O) groups excluding carboxylic acids is 2. The minimum absolute atomic E-state index is 0. The van der Waals surface area contributed by atoms with Gasteiger partial charge < -0.3 is 25.6 Å². The molecule has 1 aliphatic rings. The first-order chi connectivity index (χ1) is 10.0. The number of hydrogen-bond acceptors (Lipinski definition) is 6. The minimum atomic E-state index is -0.640. The fourth-order valence-corrected chi connectivity index (χ4v) is 2.22. The maximum absolute atomic E-state index is 12.2. The first-order valence-electron chi connectivity index (χ1n) is 6.63. The number of phenolic OH excluding ortho intramolecular Hbond substituents is 1. The van der Waals surface area contributed by atoms with Crippen LogP contribution in [-0.2, 0) is 4.74 Å². The van der Waals surface area contributed by atoms with Crippen LogP contribution >= 0.6 is 12.4 Å². The zero-order valence-corrected chi connectivity index (χ0v) is 12.9. The number of hydrogen-bond donors (Lipinski definition) is 4. The average Bonchev–Trinajstić information content (AvgIpc) is 2.48. The van der Waals surface area contributed by atoms with Gasteiger partial charge in [-0.05, 0) is 31.2 Å². The Balaban J connectivity index is 0.00000242. The van der Waals surface area contributed by atoms with Crippen molar-refractivity contribution in [2.45, 2.75) is 18.6 Å². The van der Waals surface area contributed by atoms with Crippen LogP contribution in [0, 0.1) is 0 Å². The first kappa shape index (κ1) is 18.2. The van der Waals surface area contributed by atoms with E-state index in [2.05, 4.69) is 15.4 Å². The van der Waals surface area contributed by atoms with Gasteiger partial charge in [-0.2, -0.15) is 0 Å². The van der Waals surface area contributed by atoms with Crippen molar-refractivity contribution in [1.82, 2.24) is 10.6 Å². The topological polar surface area (TPSA) is 108 Å². The molecule has 2 rings (SSSR count). The Morgan fingerprint density at radius 1 is 1.32 bits per heavy atom. The van der Waals surface area contributed by atoms with Gasteiger partial charge in [-0.25, -0.2) is 4.79 Å². The van der Waals surface area contributed by atoms with Gasteiger partial charge in [0.15, 0.2) is 0 Å². The highest BCUT2D eigenvalue weighted by atomic mass is 35.5. The van der Waals surface area contributed by atoms with Crippen LogP contribution in [0.5, 0.6) is 5.75 Å². The fourth-order valence-electron chi connectivity index (χ4n) is 2.22. The van der Waals surface area contributed by atoms with Crippen molar-refractivity contribution in [3.8, 4) is 5.75 Å². The van der Waals surface area contributed by atoms with Crippen molar-refractivity contribution >= 4 is 24.3 Å². The Morgan fingerprint density at radius 3 is 2.64 bits per heavy atom. The molecule has 122 valence electrons. The summed E-state index contributed by atoms with van der Waals surface area (Å²) in [5, 5.41) is 25.2. The normalized spacial score (nSPS) is 20.6. The molecular weight excluding hydrogens is 312 g/mol. The molecule has 1 aromatic carbocycles. The number of aromatic hydroxyl groups is 1. The van der Waals surface area contributed by atoms with Crippen molar-refractivity contribution < 1.29 is 24.5 Å². The van der Waals surface area contributed by atoms with Crippen LogP contribution in [0.25, 0.3) is 0 Å². The van der Waals surface area contributed by atoms with Crippen LogP contribution in [0.15, 0.2) is 18.2 Å². The number of methoxy groups -OCH3 is 1. The number of aliphatic hydroxyl groups is 1. The zero-order valence-electron chi connectivity index (χ0n) is 12.0. The van der Waals surface area contributed by atoms with Crippen LogP contribution in [0.1, 0.15) is 27.1 Å². The molecule has 0 aliphatic carbocycles. The maximum atomic E-state index is 12.2. The van der Waals surface area contributed by atoms with Crippen molar-refractivity contribution in [2.75, 3.05) is 20.2 Å². The molecular formula is C14H19ClN2O5. The summed E-state index contributed by atoms with van der Waals surface area (Å²) in [5.41, 5.74) is 0.221. The number of piperidine rings is 1. The highest BCUT2D eigenvalue weighted by Gasteiger charge is 2.25. The lowest BCUT2D eigenvalue weighted by atomic mass is 10.0. The molecule has 1 fully saturated rings. The Labute approximate surface area is 134 Å². The monoisotopic (exact) mass is 330 g/mol. The van der Waals surface area contributed by atoms with E-state index in [4.69, 9.17) is 0 Å². The minimum Gasteiger partial charge on any atom is -0.508 e. The number of esters is 1. The van der Waals surface area contributed by atoms with Gasteiger partial charge in [0.25, 0.3) is 5.91 Å². The molecule has 0 unspecified atom stereocenters. The van der Waals surface area contributed by atoms with E-state index in [0.29, 0.717) is 19.5 Å². The van der Waals surface area contributed by atoms with E-state index in [1.54, 1.807) is 0 Å². The molecule has 1 amide bonds. The van der Waals surface area contributed by atoms with Gasteiger partial charge in [-0.3, -0.25) is 4.79 Å². The van der Waals surface area contributed by atoms with Gasteiger partial charge in [0.05, 0.1) is 24.8 Å². The van der Waals surface area contributed by atoms with E-state index < -0.39 is 24.0 Å². The fraction of sp³-hybridized carbons (Fsp3) is 0.429. The molecule has 4 N–H and O–H groups in total. The number of halogens is 1. The predicted molar refractivity (Wildman–Crippen MR) is 81.4 cm³/mol. The summed E-state index contributed by atoms with van der Waals surface area (Å²) in [6, 6.07) is 3.41. The molecule has 0 radical (unpaired) electrons. The van der Waals surface area contributed by atoms with E-state index in [0.717, 1.165) is 0 Å². The third-order valence-corrected chi connectivity index (χ3v) is 3.36. The second-order valence-corrected chi connectivity index (χ2v) is 4.90. The number of ether oxygens (including phenoxy) is 1. The average molecular weight is 331 g/mol.